The van der Waals surface area contributed by atoms with Gasteiger partial charge in [-0.3, -0.25) is 4.68 Å². The van der Waals surface area contributed by atoms with Crippen molar-refractivity contribution in [2.24, 2.45) is 5.73 Å². The second kappa shape index (κ2) is 5.54. The van der Waals surface area contributed by atoms with Gasteiger partial charge in [0, 0.05) is 24.7 Å². The third-order valence-electron chi connectivity index (χ3n) is 2.84. The first-order valence-electron chi connectivity index (χ1n) is 6.02. The van der Waals surface area contributed by atoms with Crippen LogP contribution in [0.2, 0.25) is 0 Å². The van der Waals surface area contributed by atoms with Crippen LogP contribution in [0.4, 0.5) is 0 Å². The van der Waals surface area contributed by atoms with Crippen LogP contribution in [0.3, 0.4) is 0 Å². The number of hydrogen-bond acceptors (Lipinski definition) is 4. The highest BCUT2D eigenvalue weighted by Crippen LogP contribution is 2.31. The van der Waals surface area contributed by atoms with Gasteiger partial charge >= 0.3 is 0 Å². The lowest BCUT2D eigenvalue weighted by Gasteiger charge is -2.10. The van der Waals surface area contributed by atoms with Crippen molar-refractivity contribution in [3.05, 3.63) is 34.3 Å². The normalized spacial score (nSPS) is 12.9. The van der Waals surface area contributed by atoms with Crippen LogP contribution in [0.25, 0.3) is 0 Å². The molecule has 2 aromatic rings. The number of aromatic nitrogens is 2. The molecule has 0 fully saturated rings. The molecule has 98 valence electrons. The number of hydrogen-bond donors (Lipinski definition) is 1. The molecule has 5 heteroatoms. The SMILES string of the molecule is COc1ccsc1C(N)Cc1ccn(C(C)C)n1. The van der Waals surface area contributed by atoms with Crippen molar-refractivity contribution in [1.82, 2.24) is 9.78 Å². The van der Waals surface area contributed by atoms with Gasteiger partial charge in [-0.2, -0.15) is 5.10 Å². The minimum Gasteiger partial charge on any atom is -0.496 e. The molecule has 0 radical (unpaired) electrons. The van der Waals surface area contributed by atoms with E-state index in [1.165, 1.54) is 0 Å². The van der Waals surface area contributed by atoms with Gasteiger partial charge in [-0.25, -0.2) is 0 Å². The average molecular weight is 265 g/mol. The van der Waals surface area contributed by atoms with E-state index in [2.05, 4.69) is 18.9 Å². The fourth-order valence-corrected chi connectivity index (χ4v) is 2.70. The lowest BCUT2D eigenvalue weighted by molar-refractivity contribution is 0.408. The molecule has 0 bridgehead atoms. The summed E-state index contributed by atoms with van der Waals surface area (Å²) in [5.41, 5.74) is 7.23. The maximum absolute atomic E-state index is 6.21. The van der Waals surface area contributed by atoms with E-state index in [0.29, 0.717) is 6.04 Å². The van der Waals surface area contributed by atoms with Crippen LogP contribution in [0, 0.1) is 0 Å². The molecule has 0 saturated carbocycles. The highest BCUT2D eigenvalue weighted by Gasteiger charge is 2.15. The highest BCUT2D eigenvalue weighted by molar-refractivity contribution is 7.10. The summed E-state index contributed by atoms with van der Waals surface area (Å²) in [7, 11) is 1.67. The summed E-state index contributed by atoms with van der Waals surface area (Å²) in [6, 6.07) is 4.30. The Morgan fingerprint density at radius 1 is 1.44 bits per heavy atom. The Morgan fingerprint density at radius 2 is 2.22 bits per heavy atom. The number of thiophene rings is 1. The van der Waals surface area contributed by atoms with Crippen molar-refractivity contribution in [2.45, 2.75) is 32.4 Å². The first kappa shape index (κ1) is 13.1. The molecule has 0 aliphatic heterocycles. The van der Waals surface area contributed by atoms with E-state index in [1.54, 1.807) is 18.4 Å². The lowest BCUT2D eigenvalue weighted by Crippen LogP contribution is -2.13. The predicted octanol–water partition coefficient (Wildman–Crippen LogP) is 2.78. The van der Waals surface area contributed by atoms with Crippen LogP contribution in [-0.4, -0.2) is 16.9 Å². The van der Waals surface area contributed by atoms with E-state index in [-0.39, 0.29) is 6.04 Å². The summed E-state index contributed by atoms with van der Waals surface area (Å²) in [4.78, 5) is 1.08. The molecule has 0 aliphatic rings. The number of ether oxygens (including phenoxy) is 1. The van der Waals surface area contributed by atoms with Crippen molar-refractivity contribution in [3.8, 4) is 5.75 Å². The molecule has 18 heavy (non-hydrogen) atoms. The third kappa shape index (κ3) is 2.73. The summed E-state index contributed by atoms with van der Waals surface area (Å²) in [6.45, 7) is 4.22. The molecule has 0 spiro atoms. The average Bonchev–Trinajstić information content (AvgIpc) is 2.96. The summed E-state index contributed by atoms with van der Waals surface area (Å²) in [5, 5.41) is 6.52. The topological polar surface area (TPSA) is 53.1 Å². The van der Waals surface area contributed by atoms with Crippen molar-refractivity contribution in [3.63, 3.8) is 0 Å². The Morgan fingerprint density at radius 3 is 2.83 bits per heavy atom. The van der Waals surface area contributed by atoms with Gasteiger partial charge in [0.25, 0.3) is 0 Å². The summed E-state index contributed by atoms with van der Waals surface area (Å²) < 4.78 is 7.24. The first-order chi connectivity index (χ1) is 8.61. The van der Waals surface area contributed by atoms with Crippen LogP contribution in [0.1, 0.15) is 36.5 Å². The second-order valence-corrected chi connectivity index (χ2v) is 5.49. The molecular formula is C13H19N3OS. The molecule has 2 heterocycles. The molecule has 1 unspecified atom stereocenters. The Bertz CT molecular complexity index is 504. The van der Waals surface area contributed by atoms with Gasteiger partial charge in [0.1, 0.15) is 5.75 Å². The van der Waals surface area contributed by atoms with E-state index in [9.17, 15) is 0 Å². The van der Waals surface area contributed by atoms with Crippen LogP contribution in [0.15, 0.2) is 23.7 Å². The summed E-state index contributed by atoms with van der Waals surface area (Å²) >= 11 is 1.63. The second-order valence-electron chi connectivity index (χ2n) is 4.54. The molecule has 4 nitrogen and oxygen atoms in total. The van der Waals surface area contributed by atoms with Gasteiger partial charge < -0.3 is 10.5 Å². The zero-order chi connectivity index (χ0) is 13.1. The van der Waals surface area contributed by atoms with E-state index < -0.39 is 0 Å². The molecule has 2 aromatic heterocycles. The maximum Gasteiger partial charge on any atom is 0.134 e. The molecular weight excluding hydrogens is 246 g/mol. The number of methoxy groups -OCH3 is 1. The smallest absolute Gasteiger partial charge is 0.134 e. The monoisotopic (exact) mass is 265 g/mol. The van der Waals surface area contributed by atoms with Crippen LogP contribution in [-0.2, 0) is 6.42 Å². The van der Waals surface area contributed by atoms with Crippen LogP contribution < -0.4 is 10.5 Å². The predicted molar refractivity (Wildman–Crippen MR) is 74.1 cm³/mol. The Labute approximate surface area is 111 Å². The van der Waals surface area contributed by atoms with Gasteiger partial charge in [0.15, 0.2) is 0 Å². The Balaban J connectivity index is 2.08. The van der Waals surface area contributed by atoms with E-state index in [0.717, 1.165) is 22.7 Å². The van der Waals surface area contributed by atoms with Gasteiger partial charge in [0.2, 0.25) is 0 Å². The maximum atomic E-state index is 6.21. The van der Waals surface area contributed by atoms with Gasteiger partial charge in [-0.05, 0) is 31.4 Å². The zero-order valence-electron chi connectivity index (χ0n) is 11.0. The van der Waals surface area contributed by atoms with Crippen molar-refractivity contribution in [1.29, 1.82) is 0 Å². The van der Waals surface area contributed by atoms with Crippen LogP contribution in [0.5, 0.6) is 5.75 Å². The quantitative estimate of drug-likeness (QED) is 0.904. The first-order valence-corrected chi connectivity index (χ1v) is 6.90. The Hall–Kier alpha value is -1.33. The molecule has 2 rings (SSSR count). The van der Waals surface area contributed by atoms with Crippen molar-refractivity contribution in [2.75, 3.05) is 7.11 Å². The molecule has 1 atom stereocenters. The van der Waals surface area contributed by atoms with E-state index in [1.807, 2.05) is 28.4 Å². The van der Waals surface area contributed by atoms with Crippen LogP contribution >= 0.6 is 11.3 Å². The van der Waals surface area contributed by atoms with Gasteiger partial charge in [-0.15, -0.1) is 11.3 Å². The number of nitrogens with two attached hydrogens (primary N) is 1. The molecule has 0 saturated heterocycles. The van der Waals surface area contributed by atoms with E-state index in [4.69, 9.17) is 10.5 Å². The highest BCUT2D eigenvalue weighted by atomic mass is 32.1. The molecule has 0 aromatic carbocycles. The third-order valence-corrected chi connectivity index (χ3v) is 3.87. The summed E-state index contributed by atoms with van der Waals surface area (Å²) in [5.74, 6) is 0.871. The minimum absolute atomic E-state index is 0.0598. The zero-order valence-corrected chi connectivity index (χ0v) is 11.8. The molecule has 0 amide bonds. The van der Waals surface area contributed by atoms with Crippen molar-refractivity contribution < 1.29 is 4.74 Å². The van der Waals surface area contributed by atoms with Gasteiger partial charge in [0.05, 0.1) is 17.7 Å². The lowest BCUT2D eigenvalue weighted by atomic mass is 10.1. The van der Waals surface area contributed by atoms with E-state index >= 15 is 0 Å². The fraction of sp³-hybridized carbons (Fsp3) is 0.462. The number of rotatable bonds is 5. The largest absolute Gasteiger partial charge is 0.496 e. The fourth-order valence-electron chi connectivity index (χ4n) is 1.84. The standard InChI is InChI=1S/C13H19N3OS/c1-9(2)16-6-4-10(15-16)8-11(14)13-12(17-3)5-7-18-13/h4-7,9,11H,8,14H2,1-3H3. The molecule has 0 aliphatic carbocycles. The summed E-state index contributed by atoms with van der Waals surface area (Å²) in [6.07, 6.45) is 2.73. The Kier molecular flexibility index (Phi) is 4.04. The minimum atomic E-state index is -0.0598. The number of nitrogens with zero attached hydrogens (tertiary/aromatic N) is 2. The molecule has 2 N–H and O–H groups in total. The van der Waals surface area contributed by atoms with Gasteiger partial charge in [-0.1, -0.05) is 0 Å². The van der Waals surface area contributed by atoms with Crippen molar-refractivity contribution >= 4 is 11.3 Å².